The number of carbonyl (C=O) groups excluding carboxylic acids is 2. The molecule has 0 atom stereocenters. The second-order valence-corrected chi connectivity index (χ2v) is 7.05. The van der Waals surface area contributed by atoms with Gasteiger partial charge in [0.25, 0.3) is 0 Å². The van der Waals surface area contributed by atoms with Gasteiger partial charge in [-0.1, -0.05) is 6.07 Å². The molecule has 10 nitrogen and oxygen atoms in total. The van der Waals surface area contributed by atoms with Crippen molar-refractivity contribution in [2.45, 2.75) is 6.61 Å². The molecule has 0 aromatic heterocycles. The van der Waals surface area contributed by atoms with Gasteiger partial charge < -0.3 is 26.0 Å². The summed E-state index contributed by atoms with van der Waals surface area (Å²) in [5.74, 6) is -1.72. The molecule has 0 spiro atoms. The number of nitrogens with zero attached hydrogens (tertiary/aromatic N) is 3. The number of carbonyl (C=O) groups is 2. The van der Waals surface area contributed by atoms with Crippen molar-refractivity contribution >= 4 is 29.3 Å². The Balaban J connectivity index is 1.72. The third-order valence-corrected chi connectivity index (χ3v) is 5.02. The van der Waals surface area contributed by atoms with Gasteiger partial charge in [-0.25, -0.2) is 9.18 Å². The van der Waals surface area contributed by atoms with Crippen LogP contribution in [-0.4, -0.2) is 44.1 Å². The van der Waals surface area contributed by atoms with Crippen molar-refractivity contribution in [3.05, 3.63) is 58.9 Å². The van der Waals surface area contributed by atoms with Gasteiger partial charge >= 0.3 is 6.09 Å². The van der Waals surface area contributed by atoms with Crippen molar-refractivity contribution in [3.63, 3.8) is 0 Å². The number of nitrogens with one attached hydrogen (secondary N) is 2. The van der Waals surface area contributed by atoms with E-state index in [-0.39, 0.29) is 23.4 Å². The number of halogens is 1. The van der Waals surface area contributed by atoms with Crippen LogP contribution in [0.1, 0.15) is 21.5 Å². The molecule has 1 aliphatic heterocycles. The number of primary amides is 1. The van der Waals surface area contributed by atoms with Crippen LogP contribution in [0.2, 0.25) is 0 Å². The third kappa shape index (κ3) is 5.04. The van der Waals surface area contributed by atoms with Crippen LogP contribution in [0, 0.1) is 22.6 Å². The molecule has 1 fully saturated rings. The monoisotopic (exact) mass is 439 g/mol. The van der Waals surface area contributed by atoms with Gasteiger partial charge in [0.05, 0.1) is 11.3 Å². The average Bonchev–Trinajstić information content (AvgIpc) is 2.77. The molecular weight excluding hydrogens is 417 g/mol. The van der Waals surface area contributed by atoms with E-state index in [9.17, 15) is 14.9 Å². The maximum absolute atomic E-state index is 15.2. The smallest absolute Gasteiger partial charge is 0.414 e. The molecule has 0 saturated carbocycles. The van der Waals surface area contributed by atoms with E-state index in [1.807, 2.05) is 11.4 Å². The van der Waals surface area contributed by atoms with E-state index in [1.165, 1.54) is 12.1 Å². The van der Waals surface area contributed by atoms with Crippen molar-refractivity contribution in [1.82, 2.24) is 5.32 Å². The van der Waals surface area contributed by atoms with Gasteiger partial charge in [-0.2, -0.15) is 5.26 Å². The number of anilines is 2. The van der Waals surface area contributed by atoms with E-state index >= 15 is 4.39 Å². The quantitative estimate of drug-likeness (QED) is 0.402. The summed E-state index contributed by atoms with van der Waals surface area (Å²) in [6.45, 7) is 1.68. The highest BCUT2D eigenvalue weighted by Crippen LogP contribution is 2.29. The Morgan fingerprint density at radius 2 is 1.72 bits per heavy atom. The first-order valence-corrected chi connectivity index (χ1v) is 9.69. The fraction of sp³-hybridized carbons (Fsp3) is 0.238. The summed E-state index contributed by atoms with van der Waals surface area (Å²) in [6.07, 6.45) is -0.973. The largest absolute Gasteiger partial charge is 0.444 e. The predicted octanol–water partition coefficient (Wildman–Crippen LogP) is 1.24. The van der Waals surface area contributed by atoms with E-state index in [0.717, 1.165) is 5.69 Å². The average molecular weight is 439 g/mol. The molecule has 0 aliphatic carbocycles. The Morgan fingerprint density at radius 1 is 1.09 bits per heavy atom. The Morgan fingerprint density at radius 3 is 2.28 bits per heavy atom. The van der Waals surface area contributed by atoms with E-state index < -0.39 is 23.8 Å². The van der Waals surface area contributed by atoms with Crippen LogP contribution >= 0.6 is 0 Å². The highest BCUT2D eigenvalue weighted by atomic mass is 19.1. The number of rotatable bonds is 5. The van der Waals surface area contributed by atoms with Crippen LogP contribution in [0.15, 0.2) is 36.4 Å². The second-order valence-electron chi connectivity index (χ2n) is 7.05. The topological polar surface area (TPSA) is 162 Å². The highest BCUT2D eigenvalue weighted by Gasteiger charge is 2.24. The Bertz CT molecular complexity index is 1070. The summed E-state index contributed by atoms with van der Waals surface area (Å²) < 4.78 is 20.1. The summed E-state index contributed by atoms with van der Waals surface area (Å²) in [7, 11) is 0. The molecular formula is C21H22FN7O3. The first-order chi connectivity index (χ1) is 15.3. The van der Waals surface area contributed by atoms with E-state index in [4.69, 9.17) is 21.6 Å². The molecule has 6 N–H and O–H groups in total. The Kier molecular flexibility index (Phi) is 6.74. The van der Waals surface area contributed by atoms with Crippen molar-refractivity contribution in [2.24, 2.45) is 11.5 Å². The number of nitriles is 1. The molecule has 1 heterocycles. The molecule has 0 radical (unpaired) electrons. The Labute approximate surface area is 183 Å². The molecule has 2 amide bonds. The molecule has 0 bridgehead atoms. The van der Waals surface area contributed by atoms with Crippen LogP contribution in [-0.2, 0) is 11.3 Å². The minimum absolute atomic E-state index is 0.0992. The summed E-state index contributed by atoms with van der Waals surface area (Å²) >= 11 is 0. The molecule has 2 aromatic rings. The number of nitrogens with two attached hydrogens (primary N) is 2. The summed E-state index contributed by atoms with van der Waals surface area (Å²) in [5.41, 5.74) is 12.1. The number of guanidine groups is 1. The zero-order valence-corrected chi connectivity index (χ0v) is 17.1. The lowest BCUT2D eigenvalue weighted by molar-refractivity contribution is 0.1000. The van der Waals surface area contributed by atoms with Crippen molar-refractivity contribution in [2.75, 3.05) is 36.0 Å². The van der Waals surface area contributed by atoms with Crippen LogP contribution in [0.25, 0.3) is 0 Å². The summed E-state index contributed by atoms with van der Waals surface area (Å²) in [4.78, 5) is 26.6. The summed E-state index contributed by atoms with van der Waals surface area (Å²) in [5, 5.41) is 18.4. The maximum Gasteiger partial charge on any atom is 0.414 e. The molecule has 1 saturated heterocycles. The number of piperazine rings is 1. The molecule has 1 aliphatic rings. The van der Waals surface area contributed by atoms with Crippen LogP contribution < -0.4 is 26.6 Å². The van der Waals surface area contributed by atoms with Gasteiger partial charge in [0.2, 0.25) is 5.91 Å². The lowest BCUT2D eigenvalue weighted by Crippen LogP contribution is -2.47. The number of hydrogen-bond acceptors (Lipinski definition) is 7. The van der Waals surface area contributed by atoms with Gasteiger partial charge in [-0.3, -0.25) is 15.5 Å². The van der Waals surface area contributed by atoms with Crippen LogP contribution in [0.5, 0.6) is 0 Å². The lowest BCUT2D eigenvalue weighted by Gasteiger charge is -2.38. The van der Waals surface area contributed by atoms with Crippen LogP contribution in [0.3, 0.4) is 0 Å². The zero-order chi connectivity index (χ0) is 23.3. The van der Waals surface area contributed by atoms with Gasteiger partial charge in [0.15, 0.2) is 11.8 Å². The predicted molar refractivity (Wildman–Crippen MR) is 116 cm³/mol. The van der Waals surface area contributed by atoms with Crippen molar-refractivity contribution < 1.29 is 18.7 Å². The number of benzene rings is 2. The second kappa shape index (κ2) is 9.65. The standard InChI is InChI=1S/C21H22FN7O3/c22-17-15(12-32-21(31)27-20(25)26)2-1-14(11-23)18(17)29-9-7-28(8-10-29)16-5-3-13(4-6-16)19(24)30/h1-6H,7-10,12H2,(H2,24,30)(H4,25,26,27,31). The van der Waals surface area contributed by atoms with Gasteiger partial charge in [-0.05, 0) is 30.3 Å². The van der Waals surface area contributed by atoms with Gasteiger partial charge in [-0.15, -0.1) is 0 Å². The third-order valence-electron chi connectivity index (χ3n) is 5.02. The molecule has 3 rings (SSSR count). The maximum atomic E-state index is 15.2. The zero-order valence-electron chi connectivity index (χ0n) is 17.1. The first kappa shape index (κ1) is 22.4. The molecule has 166 valence electrons. The van der Waals surface area contributed by atoms with Crippen molar-refractivity contribution in [3.8, 4) is 6.07 Å². The van der Waals surface area contributed by atoms with Crippen LogP contribution in [0.4, 0.5) is 20.6 Å². The number of alkyl carbamates (subject to hydrolysis) is 1. The minimum atomic E-state index is -0.973. The molecule has 2 aromatic carbocycles. The van der Waals surface area contributed by atoms with Crippen molar-refractivity contribution in [1.29, 1.82) is 10.7 Å². The first-order valence-electron chi connectivity index (χ1n) is 9.69. The minimum Gasteiger partial charge on any atom is -0.444 e. The molecule has 11 heteroatoms. The SMILES string of the molecule is N#Cc1ccc(COC(=O)NC(=N)N)c(F)c1N1CCN(c2ccc(C(N)=O)cc2)CC1. The molecule has 0 unspecified atom stereocenters. The fourth-order valence-electron chi connectivity index (χ4n) is 3.43. The van der Waals surface area contributed by atoms with E-state index in [0.29, 0.717) is 31.7 Å². The molecule has 32 heavy (non-hydrogen) atoms. The summed E-state index contributed by atoms with van der Waals surface area (Å²) in [6, 6.07) is 11.8. The lowest BCUT2D eigenvalue weighted by atomic mass is 10.1. The normalized spacial score (nSPS) is 13.2. The number of hydrogen-bond donors (Lipinski definition) is 4. The van der Waals surface area contributed by atoms with Gasteiger partial charge in [0.1, 0.15) is 12.7 Å². The van der Waals surface area contributed by atoms with Gasteiger partial charge in [0, 0.05) is 43.0 Å². The number of ether oxygens (including phenoxy) is 1. The highest BCUT2D eigenvalue weighted by molar-refractivity contribution is 5.93. The van der Waals surface area contributed by atoms with E-state index in [1.54, 1.807) is 29.2 Å². The Hall–Kier alpha value is -4.33. The number of amides is 2. The van der Waals surface area contributed by atoms with E-state index in [2.05, 4.69) is 4.90 Å². The fourth-order valence-corrected chi connectivity index (χ4v) is 3.43.